The first-order valence-electron chi connectivity index (χ1n) is 10.4. The summed E-state index contributed by atoms with van der Waals surface area (Å²) in [5, 5.41) is 0.862. The van der Waals surface area contributed by atoms with Gasteiger partial charge in [0.05, 0.1) is 6.08 Å². The Hall–Kier alpha value is -3.69. The minimum Gasteiger partial charge on any atom is -0.305 e. The lowest BCUT2D eigenvalue weighted by Crippen LogP contribution is -2.70. The van der Waals surface area contributed by atoms with E-state index in [2.05, 4.69) is 11.7 Å². The predicted octanol–water partition coefficient (Wildman–Crippen LogP) is 2.81. The zero-order valence-electron chi connectivity index (χ0n) is 18.8. The van der Waals surface area contributed by atoms with E-state index in [0.29, 0.717) is 32.9 Å². The van der Waals surface area contributed by atoms with Crippen molar-refractivity contribution in [2.24, 2.45) is 0 Å². The second-order valence-corrected chi connectivity index (χ2v) is 10.4. The van der Waals surface area contributed by atoms with Crippen molar-refractivity contribution in [2.75, 3.05) is 0 Å². The lowest BCUT2D eigenvalue weighted by Gasteiger charge is -2.22. The molecular formula is C27H25NO4P+. The summed E-state index contributed by atoms with van der Waals surface area (Å²) in [6.07, 6.45) is 2.24. The van der Waals surface area contributed by atoms with E-state index < -0.39 is 24.4 Å². The highest BCUT2D eigenvalue weighted by Crippen LogP contribution is 2.48. The molecule has 0 aromatic heterocycles. The van der Waals surface area contributed by atoms with Gasteiger partial charge in [0.1, 0.15) is 6.72 Å². The van der Waals surface area contributed by atoms with Crippen LogP contribution in [0.4, 0.5) is 0 Å². The minimum absolute atomic E-state index is 0.259. The molecule has 1 N–H and O–H groups in total. The third kappa shape index (κ3) is 4.59. The fourth-order valence-electron chi connectivity index (χ4n) is 4.00. The number of carbonyl (C=O) groups is 3. The van der Waals surface area contributed by atoms with Crippen molar-refractivity contribution >= 4 is 41.7 Å². The monoisotopic (exact) mass is 458 g/mol. The van der Waals surface area contributed by atoms with Crippen molar-refractivity contribution < 1.29 is 23.9 Å². The lowest BCUT2D eigenvalue weighted by atomic mass is 9.91. The van der Waals surface area contributed by atoms with Crippen molar-refractivity contribution in [2.45, 2.75) is 20.8 Å². The molecule has 166 valence electrons. The van der Waals surface area contributed by atoms with Crippen LogP contribution >= 0.6 is 7.14 Å². The Balaban J connectivity index is 2.24. The molecule has 1 amide bonds. The lowest BCUT2D eigenvalue weighted by molar-refractivity contribution is -0.361. The number of ketones is 1. The summed E-state index contributed by atoms with van der Waals surface area (Å²) in [4.78, 5) is 40.6. The minimum atomic E-state index is -3.73. The predicted molar refractivity (Wildman–Crippen MR) is 131 cm³/mol. The van der Waals surface area contributed by atoms with Gasteiger partial charge in [-0.2, -0.15) is 4.99 Å². The molecule has 0 radical (unpaired) electrons. The van der Waals surface area contributed by atoms with Crippen LogP contribution in [0.5, 0.6) is 0 Å². The molecule has 0 spiro atoms. The van der Waals surface area contributed by atoms with E-state index in [9.17, 15) is 18.9 Å². The number of hydrogen-bond donors (Lipinski definition) is 1. The fourth-order valence-corrected chi connectivity index (χ4v) is 6.61. The molecular weight excluding hydrogens is 433 g/mol. The summed E-state index contributed by atoms with van der Waals surface area (Å²) in [7, 11) is -3.73. The number of allylic oxidation sites excluding steroid dienone is 1. The molecule has 0 bridgehead atoms. The zero-order valence-corrected chi connectivity index (χ0v) is 19.7. The number of nitrogens with one attached hydrogen (secondary N) is 1. The topological polar surface area (TPSA) is 82.2 Å². The first-order chi connectivity index (χ1) is 15.7. The molecule has 3 aromatic rings. The van der Waals surface area contributed by atoms with Crippen LogP contribution in [0.2, 0.25) is 0 Å². The molecule has 0 heterocycles. The van der Waals surface area contributed by atoms with E-state index in [-0.39, 0.29) is 5.56 Å². The Morgan fingerprint density at radius 2 is 1.27 bits per heavy atom. The first kappa shape index (κ1) is 24.0. The molecule has 3 rings (SSSR count). The Morgan fingerprint density at radius 3 is 1.76 bits per heavy atom. The molecule has 0 fully saturated rings. The van der Waals surface area contributed by atoms with Gasteiger partial charge in [-0.3, -0.25) is 9.59 Å². The van der Waals surface area contributed by atoms with Crippen LogP contribution in [0.25, 0.3) is 0 Å². The molecule has 3 aromatic carbocycles. The van der Waals surface area contributed by atoms with E-state index >= 15 is 0 Å². The summed E-state index contributed by atoms with van der Waals surface area (Å²) in [5.74, 6) is -0.934. The third-order valence-electron chi connectivity index (χ3n) is 5.52. The SMILES string of the molecule is C=[NH+]C(=O)/C=C\C(=O)c1c(C)cc(C)c(C(=O)P(=O)(c2ccccc2)c2ccccc2)c1C. The highest BCUT2D eigenvalue weighted by Gasteiger charge is 2.38. The Bertz CT molecular complexity index is 1280. The zero-order chi connectivity index (χ0) is 24.2. The van der Waals surface area contributed by atoms with Crippen molar-refractivity contribution in [3.05, 3.63) is 107 Å². The highest BCUT2D eigenvalue weighted by atomic mass is 31.2. The van der Waals surface area contributed by atoms with Gasteiger partial charge in [0.25, 0.3) is 0 Å². The maximum Gasteiger partial charge on any atom is 0.410 e. The highest BCUT2D eigenvalue weighted by molar-refractivity contribution is 7.93. The van der Waals surface area contributed by atoms with E-state index in [0.717, 1.165) is 12.2 Å². The summed E-state index contributed by atoms with van der Waals surface area (Å²) < 4.78 is 14.5. The Kier molecular flexibility index (Phi) is 7.15. The van der Waals surface area contributed by atoms with Crippen LogP contribution in [0, 0.1) is 20.8 Å². The van der Waals surface area contributed by atoms with Crippen molar-refractivity contribution in [3.8, 4) is 0 Å². The Morgan fingerprint density at radius 1 is 0.788 bits per heavy atom. The number of benzene rings is 3. The average Bonchev–Trinajstić information content (AvgIpc) is 2.82. The Labute approximate surface area is 193 Å². The number of aryl methyl sites for hydroxylation is 2. The summed E-state index contributed by atoms with van der Waals surface area (Å²) >= 11 is 0. The van der Waals surface area contributed by atoms with Gasteiger partial charge in [0.15, 0.2) is 5.78 Å². The van der Waals surface area contributed by atoms with Gasteiger partial charge in [0, 0.05) is 21.7 Å². The van der Waals surface area contributed by atoms with Gasteiger partial charge >= 0.3 is 5.91 Å². The van der Waals surface area contributed by atoms with Gasteiger partial charge in [0.2, 0.25) is 12.7 Å². The molecule has 0 saturated carbocycles. The van der Waals surface area contributed by atoms with Crippen LogP contribution in [0.1, 0.15) is 37.4 Å². The van der Waals surface area contributed by atoms with Gasteiger partial charge in [-0.25, -0.2) is 4.79 Å². The average molecular weight is 458 g/mol. The van der Waals surface area contributed by atoms with Crippen LogP contribution in [-0.2, 0) is 9.36 Å². The van der Waals surface area contributed by atoms with Crippen LogP contribution < -0.4 is 15.6 Å². The molecule has 5 nitrogen and oxygen atoms in total. The number of hydrogen-bond acceptors (Lipinski definition) is 4. The van der Waals surface area contributed by atoms with Gasteiger partial charge in [-0.1, -0.05) is 66.7 Å². The van der Waals surface area contributed by atoms with Gasteiger partial charge in [-0.15, -0.1) is 0 Å². The van der Waals surface area contributed by atoms with E-state index in [4.69, 9.17) is 0 Å². The van der Waals surface area contributed by atoms with Gasteiger partial charge in [-0.05, 0) is 43.5 Å². The summed E-state index contributed by atoms with van der Waals surface area (Å²) in [6, 6.07) is 19.1. The summed E-state index contributed by atoms with van der Waals surface area (Å²) in [5.41, 5.74) is 1.79. The van der Waals surface area contributed by atoms with Gasteiger partial charge < -0.3 is 4.57 Å². The first-order valence-corrected chi connectivity index (χ1v) is 12.1. The number of rotatable bonds is 7. The molecule has 0 aliphatic heterocycles. The smallest absolute Gasteiger partial charge is 0.305 e. The van der Waals surface area contributed by atoms with E-state index in [1.807, 2.05) is 0 Å². The normalized spacial score (nSPS) is 11.4. The fraction of sp³-hybridized carbons (Fsp3) is 0.111. The number of amides is 1. The molecule has 0 aliphatic carbocycles. The maximum atomic E-state index is 14.5. The molecule has 0 atom stereocenters. The van der Waals surface area contributed by atoms with E-state index in [1.165, 1.54) is 0 Å². The maximum absolute atomic E-state index is 14.5. The van der Waals surface area contributed by atoms with Crippen molar-refractivity contribution in [3.63, 3.8) is 0 Å². The summed E-state index contributed by atoms with van der Waals surface area (Å²) in [6.45, 7) is 8.48. The van der Waals surface area contributed by atoms with Crippen molar-refractivity contribution in [1.29, 1.82) is 0 Å². The second-order valence-electron chi connectivity index (χ2n) is 7.71. The third-order valence-corrected chi connectivity index (χ3v) is 8.36. The second kappa shape index (κ2) is 9.85. The molecule has 6 heteroatoms. The van der Waals surface area contributed by atoms with Crippen LogP contribution in [0.15, 0.2) is 78.9 Å². The molecule has 0 unspecified atom stereocenters. The molecule has 0 saturated heterocycles. The molecule has 0 aliphatic rings. The largest absolute Gasteiger partial charge is 0.410 e. The van der Waals surface area contributed by atoms with Crippen LogP contribution in [0.3, 0.4) is 0 Å². The number of carbonyl (C=O) groups excluding carboxylic acids is 3. The quantitative estimate of drug-likeness (QED) is 0.256. The van der Waals surface area contributed by atoms with Crippen LogP contribution in [-0.4, -0.2) is 23.9 Å². The van der Waals surface area contributed by atoms with Crippen molar-refractivity contribution in [1.82, 2.24) is 0 Å². The standard InChI is InChI=1S/C27H24NO4P/c1-18-17-19(2)26(20(3)25(18)23(29)15-16-24(30)28-4)27(31)33(32,21-11-7-5-8-12-21)22-13-9-6-10-14-22/h5-17H,4H2,1-3H3/p+1/b16-15-. The molecule has 33 heavy (non-hydrogen) atoms. The van der Waals surface area contributed by atoms with E-state index in [1.54, 1.807) is 87.5 Å².